The lowest BCUT2D eigenvalue weighted by Gasteiger charge is -2.14. The smallest absolute Gasteiger partial charge is 0.208 e. The van der Waals surface area contributed by atoms with Gasteiger partial charge in [-0.3, -0.25) is 0 Å². The van der Waals surface area contributed by atoms with Crippen LogP contribution >= 0.6 is 0 Å². The zero-order valence-electron chi connectivity index (χ0n) is 11.5. The molecule has 0 radical (unpaired) electrons. The average Bonchev–Trinajstić information content (AvgIpc) is 2.34. The van der Waals surface area contributed by atoms with Crippen LogP contribution in [0.25, 0.3) is 0 Å². The van der Waals surface area contributed by atoms with E-state index in [0.717, 1.165) is 31.7 Å². The molecule has 0 aliphatic heterocycles. The van der Waals surface area contributed by atoms with Gasteiger partial charge < -0.3 is 0 Å². The number of sulfonamides is 1. The largest absolute Gasteiger partial charge is 0.240 e. The van der Waals surface area contributed by atoms with Gasteiger partial charge in [0.1, 0.15) is 5.82 Å². The van der Waals surface area contributed by atoms with Crippen molar-refractivity contribution in [2.75, 3.05) is 0 Å². The Morgan fingerprint density at radius 1 is 1.26 bits per heavy atom. The number of unbranched alkanes of at least 4 members (excludes halogenated alkanes) is 3. The molecule has 1 rings (SSSR count). The Balaban J connectivity index is 2.55. The van der Waals surface area contributed by atoms with Gasteiger partial charge in [0.05, 0.1) is 4.90 Å². The summed E-state index contributed by atoms with van der Waals surface area (Å²) in [5, 5.41) is 0. The Morgan fingerprint density at radius 2 is 2.00 bits per heavy atom. The Hall–Kier alpha value is -0.940. The minimum Gasteiger partial charge on any atom is -0.208 e. The van der Waals surface area contributed by atoms with E-state index in [1.807, 2.05) is 6.92 Å². The van der Waals surface area contributed by atoms with E-state index in [4.69, 9.17) is 0 Å². The lowest BCUT2D eigenvalue weighted by Crippen LogP contribution is -2.32. The van der Waals surface area contributed by atoms with Gasteiger partial charge >= 0.3 is 0 Å². The second-order valence-corrected chi connectivity index (χ2v) is 6.54. The standard InChI is InChI=1S/C14H22FNO2S/c1-3-4-5-6-8-12(2)16-19(17,18)14-10-7-9-13(15)11-14/h7,9-12,16H,3-6,8H2,1-2H3. The minimum atomic E-state index is -3.61. The van der Waals surface area contributed by atoms with Gasteiger partial charge in [-0.15, -0.1) is 0 Å². The van der Waals surface area contributed by atoms with Crippen molar-refractivity contribution >= 4 is 10.0 Å². The van der Waals surface area contributed by atoms with Crippen LogP contribution in [0.5, 0.6) is 0 Å². The molecule has 1 unspecified atom stereocenters. The molecule has 3 nitrogen and oxygen atoms in total. The molecule has 108 valence electrons. The molecule has 0 aromatic heterocycles. The molecule has 1 aromatic carbocycles. The highest BCUT2D eigenvalue weighted by Gasteiger charge is 2.17. The Bertz CT molecular complexity index is 488. The van der Waals surface area contributed by atoms with E-state index in [2.05, 4.69) is 11.6 Å². The van der Waals surface area contributed by atoms with Crippen molar-refractivity contribution in [3.63, 3.8) is 0 Å². The quantitative estimate of drug-likeness (QED) is 0.744. The van der Waals surface area contributed by atoms with E-state index in [9.17, 15) is 12.8 Å². The number of hydrogen-bond donors (Lipinski definition) is 1. The highest BCUT2D eigenvalue weighted by molar-refractivity contribution is 7.89. The van der Waals surface area contributed by atoms with E-state index in [-0.39, 0.29) is 10.9 Å². The summed E-state index contributed by atoms with van der Waals surface area (Å²) >= 11 is 0. The first-order valence-electron chi connectivity index (χ1n) is 6.73. The highest BCUT2D eigenvalue weighted by atomic mass is 32.2. The van der Waals surface area contributed by atoms with Crippen LogP contribution in [0.4, 0.5) is 4.39 Å². The normalized spacial score (nSPS) is 13.4. The summed E-state index contributed by atoms with van der Waals surface area (Å²) in [4.78, 5) is -0.0205. The first kappa shape index (κ1) is 16.1. The van der Waals surface area contributed by atoms with Gasteiger partial charge in [-0.2, -0.15) is 0 Å². The molecule has 0 amide bonds. The summed E-state index contributed by atoms with van der Waals surface area (Å²) in [7, 11) is -3.61. The minimum absolute atomic E-state index is 0.0205. The lowest BCUT2D eigenvalue weighted by molar-refractivity contribution is 0.521. The lowest BCUT2D eigenvalue weighted by atomic mass is 10.1. The summed E-state index contributed by atoms with van der Waals surface area (Å²) in [5.74, 6) is -0.543. The third-order valence-electron chi connectivity index (χ3n) is 2.95. The fraction of sp³-hybridized carbons (Fsp3) is 0.571. The number of hydrogen-bond acceptors (Lipinski definition) is 2. The van der Waals surface area contributed by atoms with Crippen molar-refractivity contribution in [1.29, 1.82) is 0 Å². The Morgan fingerprint density at radius 3 is 2.63 bits per heavy atom. The van der Waals surface area contributed by atoms with Crippen LogP contribution < -0.4 is 4.72 Å². The van der Waals surface area contributed by atoms with Crippen LogP contribution in [-0.4, -0.2) is 14.5 Å². The third-order valence-corrected chi connectivity index (χ3v) is 4.54. The van der Waals surface area contributed by atoms with Gasteiger partial charge in [0.2, 0.25) is 10.0 Å². The SMILES string of the molecule is CCCCCCC(C)NS(=O)(=O)c1cccc(F)c1. The topological polar surface area (TPSA) is 46.2 Å². The van der Waals surface area contributed by atoms with E-state index < -0.39 is 15.8 Å². The van der Waals surface area contributed by atoms with Crippen LogP contribution in [-0.2, 0) is 10.0 Å². The maximum absolute atomic E-state index is 13.0. The summed E-state index contributed by atoms with van der Waals surface area (Å²) < 4.78 is 39.6. The summed E-state index contributed by atoms with van der Waals surface area (Å²) in [6.45, 7) is 3.97. The molecule has 5 heteroatoms. The molecule has 0 saturated carbocycles. The van der Waals surface area contributed by atoms with Crippen molar-refractivity contribution in [1.82, 2.24) is 4.72 Å². The zero-order chi connectivity index (χ0) is 14.3. The molecule has 0 fully saturated rings. The van der Waals surface area contributed by atoms with Crippen molar-refractivity contribution in [2.24, 2.45) is 0 Å². The first-order chi connectivity index (χ1) is 8.95. The molecule has 1 N–H and O–H groups in total. The van der Waals surface area contributed by atoms with Gasteiger partial charge in [0.25, 0.3) is 0 Å². The fourth-order valence-corrected chi connectivity index (χ4v) is 3.21. The number of rotatable bonds is 8. The Kier molecular flexibility index (Phi) is 6.45. The first-order valence-corrected chi connectivity index (χ1v) is 8.22. The molecule has 0 bridgehead atoms. The van der Waals surface area contributed by atoms with Crippen LogP contribution in [0.15, 0.2) is 29.2 Å². The van der Waals surface area contributed by atoms with E-state index in [1.54, 1.807) is 0 Å². The van der Waals surface area contributed by atoms with Crippen LogP contribution in [0, 0.1) is 5.82 Å². The summed E-state index contributed by atoms with van der Waals surface area (Å²) in [6.07, 6.45) is 5.24. The highest BCUT2D eigenvalue weighted by Crippen LogP contribution is 2.12. The molecule has 0 aliphatic carbocycles. The van der Waals surface area contributed by atoms with Crippen molar-refractivity contribution in [2.45, 2.75) is 56.9 Å². The van der Waals surface area contributed by atoms with Gasteiger partial charge in [-0.25, -0.2) is 17.5 Å². The monoisotopic (exact) mass is 287 g/mol. The average molecular weight is 287 g/mol. The van der Waals surface area contributed by atoms with Crippen molar-refractivity contribution < 1.29 is 12.8 Å². The molecule has 0 aliphatic rings. The number of nitrogens with one attached hydrogen (secondary N) is 1. The van der Waals surface area contributed by atoms with Crippen LogP contribution in [0.3, 0.4) is 0 Å². The van der Waals surface area contributed by atoms with E-state index in [0.29, 0.717) is 0 Å². The zero-order valence-corrected chi connectivity index (χ0v) is 12.3. The molecule has 0 saturated heterocycles. The predicted molar refractivity (Wildman–Crippen MR) is 74.9 cm³/mol. The third kappa shape index (κ3) is 5.70. The molecule has 1 aromatic rings. The van der Waals surface area contributed by atoms with Gasteiger partial charge in [-0.05, 0) is 31.5 Å². The van der Waals surface area contributed by atoms with Crippen LogP contribution in [0.1, 0.15) is 46.0 Å². The molecule has 0 heterocycles. The van der Waals surface area contributed by atoms with Gasteiger partial charge in [0, 0.05) is 6.04 Å². The second kappa shape index (κ2) is 7.60. The van der Waals surface area contributed by atoms with Gasteiger partial charge in [-0.1, -0.05) is 38.7 Å². The van der Waals surface area contributed by atoms with E-state index >= 15 is 0 Å². The number of benzene rings is 1. The van der Waals surface area contributed by atoms with Crippen molar-refractivity contribution in [3.05, 3.63) is 30.1 Å². The van der Waals surface area contributed by atoms with Gasteiger partial charge in [0.15, 0.2) is 0 Å². The van der Waals surface area contributed by atoms with Crippen LogP contribution in [0.2, 0.25) is 0 Å². The molecule has 19 heavy (non-hydrogen) atoms. The fourth-order valence-electron chi connectivity index (χ4n) is 1.90. The maximum Gasteiger partial charge on any atom is 0.240 e. The predicted octanol–water partition coefficient (Wildman–Crippen LogP) is 3.46. The molecule has 0 spiro atoms. The van der Waals surface area contributed by atoms with Crippen molar-refractivity contribution in [3.8, 4) is 0 Å². The summed E-state index contributed by atoms with van der Waals surface area (Å²) in [6, 6.07) is 4.93. The maximum atomic E-state index is 13.0. The molecule has 1 atom stereocenters. The number of halogens is 1. The molecular weight excluding hydrogens is 265 g/mol. The Labute approximate surface area is 115 Å². The summed E-state index contributed by atoms with van der Waals surface area (Å²) in [5.41, 5.74) is 0. The van der Waals surface area contributed by atoms with E-state index in [1.165, 1.54) is 24.6 Å². The molecular formula is C14H22FNO2S. The second-order valence-electron chi connectivity index (χ2n) is 4.83.